The molecule has 0 amide bonds. The first-order chi connectivity index (χ1) is 40.4. The summed E-state index contributed by atoms with van der Waals surface area (Å²) >= 11 is 0. The van der Waals surface area contributed by atoms with E-state index in [4.69, 9.17) is 19.7 Å². The van der Waals surface area contributed by atoms with Gasteiger partial charge in [0.05, 0.1) is 82.0 Å². The normalized spacial score (nSPS) is 11.3. The largest absolute Gasteiger partial charge is 0.417 e. The van der Waals surface area contributed by atoms with Gasteiger partial charge in [0.25, 0.3) is 0 Å². The van der Waals surface area contributed by atoms with Crippen molar-refractivity contribution in [3.63, 3.8) is 0 Å². The molecule has 0 unspecified atom stereocenters. The molecule has 0 aliphatic heterocycles. The average Bonchev–Trinajstić information content (AvgIpc) is 2.12. The Bertz CT molecular complexity index is 4890. The number of nitrogens with zero attached hydrogens (tertiary/aromatic N) is 7. The predicted octanol–water partition coefficient (Wildman–Crippen LogP) is 20.6. The standard InChI is InChI=1S/C73H40F3N7/c1-44-10-5-19-65(73(74,75)76)72(44)55-20-26-59(71(40-55)83-68-29-22-52(48-14-7-12-46(33-48)43-78)37-62(68)63-39-54(24-30-69(63)83)50-16-9-18-57(35-50)80-3)64-41-58(81-4)25-31-70(64)82-66-27-21-51(47-13-6-11-45(32-47)42-77)36-60(66)61-38-53(23-28-67(61)82)49-15-8-17-56(34-49)79-2/h5-41H,1H3. The van der Waals surface area contributed by atoms with Crippen LogP contribution in [0.15, 0.2) is 224 Å². The maximum Gasteiger partial charge on any atom is 0.417 e. The van der Waals surface area contributed by atoms with E-state index in [1.165, 1.54) is 6.07 Å². The van der Waals surface area contributed by atoms with Gasteiger partial charge in [0.2, 0.25) is 0 Å². The van der Waals surface area contributed by atoms with E-state index in [9.17, 15) is 10.5 Å². The highest BCUT2D eigenvalue weighted by Crippen LogP contribution is 2.47. The van der Waals surface area contributed by atoms with Gasteiger partial charge in [0, 0.05) is 27.1 Å². The van der Waals surface area contributed by atoms with Crippen LogP contribution in [0.25, 0.3) is 136 Å². The molecule has 0 spiro atoms. The molecule has 0 aliphatic rings. The molecule has 0 atom stereocenters. The van der Waals surface area contributed by atoms with Crippen LogP contribution in [0.2, 0.25) is 0 Å². The second-order valence-electron chi connectivity index (χ2n) is 20.3. The first-order valence-electron chi connectivity index (χ1n) is 26.4. The van der Waals surface area contributed by atoms with Crippen LogP contribution in [-0.4, -0.2) is 9.13 Å². The lowest BCUT2D eigenvalue weighted by atomic mass is 9.91. The molecule has 7 nitrogen and oxygen atoms in total. The summed E-state index contributed by atoms with van der Waals surface area (Å²) in [5.74, 6) is 0. The van der Waals surface area contributed by atoms with Crippen molar-refractivity contribution in [2.24, 2.45) is 0 Å². The highest BCUT2D eigenvalue weighted by atomic mass is 19.4. The van der Waals surface area contributed by atoms with Gasteiger partial charge in [-0.05, 0) is 183 Å². The van der Waals surface area contributed by atoms with Crippen molar-refractivity contribution in [3.05, 3.63) is 281 Å². The second-order valence-corrected chi connectivity index (χ2v) is 20.3. The molecule has 0 bridgehead atoms. The van der Waals surface area contributed by atoms with Crippen LogP contribution >= 0.6 is 0 Å². The maximum absolute atomic E-state index is 15.3. The molecule has 0 aliphatic carbocycles. The number of nitriles is 2. The van der Waals surface area contributed by atoms with Crippen LogP contribution in [0.5, 0.6) is 0 Å². The van der Waals surface area contributed by atoms with Gasteiger partial charge in [-0.25, -0.2) is 14.5 Å². The number of hydrogen-bond acceptors (Lipinski definition) is 2. The number of hydrogen-bond donors (Lipinski definition) is 0. The molecule has 13 rings (SSSR count). The number of benzene rings is 11. The number of alkyl halides is 3. The van der Waals surface area contributed by atoms with Gasteiger partial charge in [-0.1, -0.05) is 115 Å². The first-order valence-corrected chi connectivity index (χ1v) is 26.4. The minimum atomic E-state index is -4.68. The molecule has 13 aromatic rings. The number of halogens is 3. The molecule has 10 heteroatoms. The summed E-state index contributed by atoms with van der Waals surface area (Å²) in [6, 6.07) is 74.0. The summed E-state index contributed by atoms with van der Waals surface area (Å²) in [7, 11) is 0. The second kappa shape index (κ2) is 20.2. The van der Waals surface area contributed by atoms with E-state index in [1.54, 1.807) is 49.4 Å². The number of fused-ring (bicyclic) bond motifs is 6. The molecule has 0 saturated carbocycles. The Morgan fingerprint density at radius 2 is 0.771 bits per heavy atom. The van der Waals surface area contributed by atoms with Crippen molar-refractivity contribution < 1.29 is 13.2 Å². The zero-order valence-electron chi connectivity index (χ0n) is 44.1. The summed E-state index contributed by atoms with van der Waals surface area (Å²) in [5, 5.41) is 23.3. The van der Waals surface area contributed by atoms with E-state index in [0.717, 1.165) is 94.2 Å². The third-order valence-corrected chi connectivity index (χ3v) is 15.5. The van der Waals surface area contributed by atoms with E-state index in [-0.39, 0.29) is 5.56 Å². The fraction of sp³-hybridized carbons (Fsp3) is 0.0274. The molecule has 2 aromatic heterocycles. The fourth-order valence-corrected chi connectivity index (χ4v) is 11.7. The summed E-state index contributed by atoms with van der Waals surface area (Å²) < 4.78 is 50.1. The van der Waals surface area contributed by atoms with Crippen molar-refractivity contribution in [1.82, 2.24) is 9.13 Å². The van der Waals surface area contributed by atoms with Crippen molar-refractivity contribution in [1.29, 1.82) is 10.5 Å². The lowest BCUT2D eigenvalue weighted by molar-refractivity contribution is -0.137. The first kappa shape index (κ1) is 50.7. The van der Waals surface area contributed by atoms with Gasteiger partial charge in [0.1, 0.15) is 0 Å². The highest BCUT2D eigenvalue weighted by molar-refractivity contribution is 6.14. The molecule has 11 aromatic carbocycles. The van der Waals surface area contributed by atoms with Crippen LogP contribution in [-0.2, 0) is 6.18 Å². The van der Waals surface area contributed by atoms with E-state index in [0.29, 0.717) is 61.8 Å². The minimum absolute atomic E-state index is 0.0431. The number of rotatable bonds is 8. The molecule has 0 saturated heterocycles. The molecule has 83 heavy (non-hydrogen) atoms. The van der Waals surface area contributed by atoms with Crippen LogP contribution in [0.4, 0.5) is 30.2 Å². The van der Waals surface area contributed by atoms with Gasteiger partial charge >= 0.3 is 6.18 Å². The van der Waals surface area contributed by atoms with Crippen molar-refractivity contribution in [2.45, 2.75) is 13.1 Å². The SMILES string of the molecule is [C-]#[N+]c1cccc(-c2ccc3c(c2)c2cc(-c4cccc(C#N)c4)ccc2n3-c2ccc([N+]#[C-])cc2-c2ccc(-c3c(C)cccc3C(F)(F)F)cc2-n2c3ccc(-c4cccc(C#N)c4)cc3c3cc(-c4cccc([N+]#[C-])c4)ccc32)c1. The molecular weight excluding hydrogens is 1030 g/mol. The minimum Gasteiger partial charge on any atom is -0.309 e. The zero-order valence-corrected chi connectivity index (χ0v) is 44.1. The van der Waals surface area contributed by atoms with Gasteiger partial charge in [0.15, 0.2) is 17.1 Å². The monoisotopic (exact) mass is 1070 g/mol. The van der Waals surface area contributed by atoms with Gasteiger partial charge < -0.3 is 9.13 Å². The highest BCUT2D eigenvalue weighted by Gasteiger charge is 2.35. The van der Waals surface area contributed by atoms with E-state index in [2.05, 4.69) is 72.2 Å². The maximum atomic E-state index is 15.3. The fourth-order valence-electron chi connectivity index (χ4n) is 11.7. The quantitative estimate of drug-likeness (QED) is 0.142. The Morgan fingerprint density at radius 3 is 1.22 bits per heavy atom. The van der Waals surface area contributed by atoms with Gasteiger partial charge in [-0.15, -0.1) is 0 Å². The van der Waals surface area contributed by atoms with Crippen molar-refractivity contribution in [2.75, 3.05) is 0 Å². The van der Waals surface area contributed by atoms with Crippen LogP contribution in [0, 0.1) is 49.3 Å². The Hall–Kier alpha value is -11.7. The van der Waals surface area contributed by atoms with Crippen LogP contribution in [0.3, 0.4) is 0 Å². The summed E-state index contributed by atoms with van der Waals surface area (Å²) in [6.45, 7) is 25.6. The summed E-state index contributed by atoms with van der Waals surface area (Å²) in [6.07, 6.45) is -4.68. The third kappa shape index (κ3) is 8.86. The molecule has 0 radical (unpaired) electrons. The van der Waals surface area contributed by atoms with Crippen molar-refractivity contribution in [3.8, 4) is 90.3 Å². The zero-order chi connectivity index (χ0) is 57.1. The Balaban J connectivity index is 1.13. The Morgan fingerprint density at radius 1 is 0.373 bits per heavy atom. The third-order valence-electron chi connectivity index (χ3n) is 15.5. The Labute approximate surface area is 475 Å². The smallest absolute Gasteiger partial charge is 0.309 e. The topological polar surface area (TPSA) is 70.5 Å². The number of aryl methyl sites for hydroxylation is 1. The molecule has 388 valence electrons. The molecule has 0 fully saturated rings. The molecular formula is C73H40F3N7. The van der Waals surface area contributed by atoms with Gasteiger partial charge in [-0.3, -0.25) is 0 Å². The Kier molecular flexibility index (Phi) is 12.3. The van der Waals surface area contributed by atoms with Crippen LogP contribution in [0.1, 0.15) is 22.3 Å². The summed E-state index contributed by atoms with van der Waals surface area (Å²) in [4.78, 5) is 11.4. The van der Waals surface area contributed by atoms with E-state index < -0.39 is 11.7 Å². The number of aromatic nitrogens is 2. The van der Waals surface area contributed by atoms with Gasteiger partial charge in [-0.2, -0.15) is 23.7 Å². The molecule has 0 N–H and O–H groups in total. The lowest BCUT2D eigenvalue weighted by Gasteiger charge is -2.22. The van der Waals surface area contributed by atoms with E-state index >= 15 is 13.2 Å². The molecule has 2 heterocycles. The average molecular weight is 1070 g/mol. The van der Waals surface area contributed by atoms with Crippen LogP contribution < -0.4 is 0 Å². The summed E-state index contributed by atoms with van der Waals surface area (Å²) in [5.41, 5.74) is 14.9. The van der Waals surface area contributed by atoms with Crippen molar-refractivity contribution >= 4 is 60.7 Å². The predicted molar refractivity (Wildman–Crippen MR) is 326 cm³/mol. The van der Waals surface area contributed by atoms with E-state index in [1.807, 2.05) is 133 Å². The lowest BCUT2D eigenvalue weighted by Crippen LogP contribution is -2.08.